The molecule has 3 heterocycles. The summed E-state index contributed by atoms with van der Waals surface area (Å²) in [4.78, 5) is 40.6. The average Bonchev–Trinajstić information content (AvgIpc) is 3.16. The van der Waals surface area contributed by atoms with Gasteiger partial charge in [-0.1, -0.05) is 24.3 Å². The maximum atomic E-state index is 14.1. The number of rotatable bonds is 9. The number of pyridine rings is 1. The number of carbonyl (C=O) groups is 1. The fraction of sp³-hybridized carbons (Fsp3) is 0.139. The first-order chi connectivity index (χ1) is 26.7. The smallest absolute Gasteiger partial charge is 0.744 e. The third-order valence-corrected chi connectivity index (χ3v) is 11.0. The van der Waals surface area contributed by atoms with E-state index in [1.54, 1.807) is 42.3 Å². The minimum Gasteiger partial charge on any atom is -0.744 e. The number of hydrogen-bond donors (Lipinski definition) is 4. The molecule has 0 bridgehead atoms. The molecule has 6 aromatic rings. The summed E-state index contributed by atoms with van der Waals surface area (Å²) < 4.78 is 80.5. The summed E-state index contributed by atoms with van der Waals surface area (Å²) in [5.74, 6) is -1.02. The number of aromatic nitrogens is 4. The molecular formula is C36H28N8Na2O10S2. The molecule has 1 aliphatic heterocycles. The zero-order chi connectivity index (χ0) is 39.5. The molecular weight excluding hydrogens is 815 g/mol. The van der Waals surface area contributed by atoms with E-state index in [0.717, 1.165) is 18.2 Å². The maximum absolute atomic E-state index is 14.1. The number of hydrogen-bond acceptors (Lipinski definition) is 17. The van der Waals surface area contributed by atoms with Gasteiger partial charge >= 0.3 is 59.1 Å². The summed E-state index contributed by atoms with van der Waals surface area (Å²) in [5, 5.41) is 19.0. The molecule has 0 unspecified atom stereocenters. The van der Waals surface area contributed by atoms with Crippen LogP contribution in [0.1, 0.15) is 15.9 Å². The molecule has 22 heteroatoms. The van der Waals surface area contributed by atoms with Crippen molar-refractivity contribution in [1.29, 1.82) is 0 Å². The van der Waals surface area contributed by atoms with Crippen molar-refractivity contribution < 1.29 is 99.7 Å². The van der Waals surface area contributed by atoms with Crippen LogP contribution in [0, 0.1) is 0 Å². The molecule has 0 spiro atoms. The van der Waals surface area contributed by atoms with Crippen molar-refractivity contribution in [3.8, 4) is 16.9 Å². The molecule has 18 nitrogen and oxygen atoms in total. The standard InChI is InChI=1S/C36H30N8O10S2.2Na/c1-43-27-10-9-25(32-31(27)23(18-30(43)46)21-4-2-3-5-22(21)33(32)47)38-26-16-19(6-11-28(26)55(48,49)50)37-34-40-35(42-36(41-34)44-12-14-54-15-13-44)39-24-8-7-20(45)17-29(24)56(51,52)53;;/h2-11,16-18,38,45H,12-15H2,1H3,(H,48,49,50)(H,51,52,53)(H2,37,39,40,41,42);;/q;2*+1/p-2. The predicted octanol–water partition coefficient (Wildman–Crippen LogP) is -2.48. The molecule has 8 rings (SSSR count). The van der Waals surface area contributed by atoms with Crippen LogP contribution in [0.25, 0.3) is 22.0 Å². The summed E-state index contributed by atoms with van der Waals surface area (Å²) in [7, 11) is -8.57. The van der Waals surface area contributed by atoms with E-state index >= 15 is 0 Å². The van der Waals surface area contributed by atoms with Gasteiger partial charge < -0.3 is 44.4 Å². The Bertz CT molecular complexity index is 2930. The van der Waals surface area contributed by atoms with Crippen molar-refractivity contribution in [2.45, 2.75) is 9.79 Å². The third kappa shape index (κ3) is 8.36. The number of aryl methyl sites for hydroxylation is 1. The first-order valence-corrected chi connectivity index (χ1v) is 19.6. The van der Waals surface area contributed by atoms with E-state index in [1.165, 1.54) is 34.9 Å². The molecule has 4 N–H and O–H groups in total. The van der Waals surface area contributed by atoms with Crippen molar-refractivity contribution in [2.75, 3.05) is 47.2 Å². The van der Waals surface area contributed by atoms with E-state index in [9.17, 15) is 40.6 Å². The first-order valence-electron chi connectivity index (χ1n) is 16.8. The molecule has 286 valence electrons. The maximum Gasteiger partial charge on any atom is 1.00 e. The number of phenols is 1. The van der Waals surface area contributed by atoms with E-state index in [2.05, 4.69) is 30.9 Å². The van der Waals surface area contributed by atoms with Crippen LogP contribution in [-0.4, -0.2) is 82.7 Å². The van der Waals surface area contributed by atoms with Crippen LogP contribution in [0.5, 0.6) is 5.75 Å². The zero-order valence-electron chi connectivity index (χ0n) is 31.0. The van der Waals surface area contributed by atoms with Crippen LogP contribution < -0.4 is 85.5 Å². The summed E-state index contributed by atoms with van der Waals surface area (Å²) in [5.41, 5.74) is 1.66. The van der Waals surface area contributed by atoms with Gasteiger partial charge in [0.2, 0.25) is 17.8 Å². The van der Waals surface area contributed by atoms with E-state index in [0.29, 0.717) is 53.9 Å². The molecule has 4 aromatic carbocycles. The Morgan fingerprint density at radius 2 is 1.36 bits per heavy atom. The van der Waals surface area contributed by atoms with Gasteiger partial charge in [-0.2, -0.15) is 15.0 Å². The van der Waals surface area contributed by atoms with Crippen LogP contribution in [-0.2, 0) is 32.0 Å². The number of ether oxygens (including phenoxy) is 1. The molecule has 1 fully saturated rings. The molecule has 58 heavy (non-hydrogen) atoms. The number of fused-ring (bicyclic) bond motifs is 2. The average molecular weight is 843 g/mol. The van der Waals surface area contributed by atoms with Gasteiger partial charge in [0.15, 0.2) is 5.78 Å². The molecule has 1 saturated heterocycles. The SMILES string of the molecule is Cn1c(=O)cc2c3c(c(Nc4cc(Nc5nc(Nc6ccc(O)cc6S(=O)(=O)[O-])nc(N6CCOCC6)n5)ccc4S(=O)(=O)[O-])ccc31)C(=O)c1ccccc1-2.[Na+].[Na+]. The number of morpholine rings is 1. The topological polar surface area (TPSA) is 261 Å². The Balaban J connectivity index is 0.00000283. The van der Waals surface area contributed by atoms with Gasteiger partial charge in [-0.05, 0) is 59.7 Å². The number of anilines is 7. The minimum atomic E-state index is -5.09. The summed E-state index contributed by atoms with van der Waals surface area (Å²) >= 11 is 0. The van der Waals surface area contributed by atoms with Gasteiger partial charge in [-0.25, -0.2) is 16.8 Å². The van der Waals surface area contributed by atoms with Gasteiger partial charge in [0.25, 0.3) is 5.56 Å². The molecule has 0 saturated carbocycles. The van der Waals surface area contributed by atoms with Gasteiger partial charge in [-0.15, -0.1) is 0 Å². The Labute approximate surface area is 374 Å². The Kier molecular flexibility index (Phi) is 12.4. The van der Waals surface area contributed by atoms with Gasteiger partial charge in [0.1, 0.15) is 26.0 Å². The predicted molar refractivity (Wildman–Crippen MR) is 201 cm³/mol. The van der Waals surface area contributed by atoms with Crippen molar-refractivity contribution in [2.24, 2.45) is 7.05 Å². The van der Waals surface area contributed by atoms with E-state index < -0.39 is 35.8 Å². The zero-order valence-corrected chi connectivity index (χ0v) is 36.6. The minimum absolute atomic E-state index is 0. The number of nitrogens with one attached hydrogen (secondary N) is 3. The quantitative estimate of drug-likeness (QED) is 0.0667. The number of carbonyl (C=O) groups excluding carboxylic acids is 1. The van der Waals surface area contributed by atoms with E-state index in [4.69, 9.17) is 4.74 Å². The molecule has 0 atom stereocenters. The van der Waals surface area contributed by atoms with Crippen molar-refractivity contribution >= 4 is 77.5 Å². The van der Waals surface area contributed by atoms with Gasteiger partial charge in [0, 0.05) is 42.8 Å². The van der Waals surface area contributed by atoms with Gasteiger partial charge in [-0.3, -0.25) is 9.59 Å². The number of aromatic hydroxyl groups is 1. The van der Waals surface area contributed by atoms with E-state index in [1.807, 2.05) is 0 Å². The van der Waals surface area contributed by atoms with Crippen LogP contribution in [0.15, 0.2) is 93.4 Å². The van der Waals surface area contributed by atoms with Crippen LogP contribution in [0.2, 0.25) is 0 Å². The second-order valence-corrected chi connectivity index (χ2v) is 15.5. The number of phenolic OH excluding ortho intramolecular Hbond substituents is 1. The summed E-state index contributed by atoms with van der Waals surface area (Å²) in [6, 6.07) is 18.2. The normalized spacial score (nSPS) is 13.6. The van der Waals surface area contributed by atoms with E-state index in [-0.39, 0.29) is 117 Å². The third-order valence-electron chi connectivity index (χ3n) is 9.27. The summed E-state index contributed by atoms with van der Waals surface area (Å²) in [6.45, 7) is 1.49. The number of benzene rings is 4. The Morgan fingerprint density at radius 1 is 0.707 bits per heavy atom. The number of nitrogens with zero attached hydrogens (tertiary/aromatic N) is 5. The molecule has 2 aliphatic rings. The largest absolute Gasteiger partial charge is 1.00 e. The number of ketones is 1. The summed E-state index contributed by atoms with van der Waals surface area (Å²) in [6.07, 6.45) is 0. The molecule has 0 amide bonds. The monoisotopic (exact) mass is 842 g/mol. The van der Waals surface area contributed by atoms with Crippen molar-refractivity contribution in [3.63, 3.8) is 0 Å². The Morgan fingerprint density at radius 3 is 2.05 bits per heavy atom. The Hall–Kier alpha value is -4.45. The fourth-order valence-electron chi connectivity index (χ4n) is 6.68. The van der Waals surface area contributed by atoms with Crippen LogP contribution in [0.4, 0.5) is 40.6 Å². The molecule has 1 aliphatic carbocycles. The fourth-order valence-corrected chi connectivity index (χ4v) is 7.95. The second kappa shape index (κ2) is 16.7. The molecule has 0 radical (unpaired) electrons. The van der Waals surface area contributed by atoms with Crippen molar-refractivity contribution in [1.82, 2.24) is 19.5 Å². The second-order valence-electron chi connectivity index (χ2n) is 12.8. The first kappa shape index (κ1) is 43.1. The van der Waals surface area contributed by atoms with Crippen molar-refractivity contribution in [3.05, 3.63) is 100 Å². The van der Waals surface area contributed by atoms with Gasteiger partial charge in [0.05, 0.1) is 51.1 Å². The van der Waals surface area contributed by atoms with Crippen LogP contribution in [0.3, 0.4) is 0 Å². The molecule has 2 aromatic heterocycles. The van der Waals surface area contributed by atoms with Crippen LogP contribution >= 0.6 is 0 Å².